The fraction of sp³-hybridized carbons (Fsp3) is 0.158. The van der Waals surface area contributed by atoms with Gasteiger partial charge in [0.1, 0.15) is 17.8 Å². The quantitative estimate of drug-likeness (QED) is 0.723. The predicted molar refractivity (Wildman–Crippen MR) is 101 cm³/mol. The van der Waals surface area contributed by atoms with E-state index in [4.69, 9.17) is 4.74 Å². The Kier molecular flexibility index (Phi) is 6.74. The van der Waals surface area contributed by atoms with Crippen molar-refractivity contribution in [2.45, 2.75) is 0 Å². The van der Waals surface area contributed by atoms with Crippen LogP contribution in [0, 0.1) is 0 Å². The Morgan fingerprint density at radius 1 is 1.12 bits per heavy atom. The summed E-state index contributed by atoms with van der Waals surface area (Å²) in [5, 5.41) is 13.6. The number of nitrogens with one attached hydrogen (secondary N) is 1. The summed E-state index contributed by atoms with van der Waals surface area (Å²) >= 11 is 0. The van der Waals surface area contributed by atoms with Gasteiger partial charge in [0, 0.05) is 18.4 Å². The Morgan fingerprint density at radius 3 is 2.28 bits per heavy atom. The van der Waals surface area contributed by atoms with Gasteiger partial charge >= 0.3 is 0 Å². The van der Waals surface area contributed by atoms with E-state index < -0.39 is 0 Å². The average molecular weight is 338 g/mol. The van der Waals surface area contributed by atoms with E-state index in [2.05, 4.69) is 22.1 Å². The number of nitrogens with two attached hydrogens (primary N) is 1. The van der Waals surface area contributed by atoms with Crippen LogP contribution < -0.4 is 15.4 Å². The molecule has 0 saturated heterocycles. The summed E-state index contributed by atoms with van der Waals surface area (Å²) in [5.41, 5.74) is 2.73. The van der Waals surface area contributed by atoms with Crippen LogP contribution in [0.5, 0.6) is 5.75 Å². The summed E-state index contributed by atoms with van der Waals surface area (Å²) < 4.78 is 5.15. The summed E-state index contributed by atoms with van der Waals surface area (Å²) in [6.45, 7) is 3.89. The average Bonchev–Trinajstić information content (AvgIpc) is 2.65. The molecule has 6 heteroatoms. The van der Waals surface area contributed by atoms with E-state index in [1.165, 1.54) is 0 Å². The van der Waals surface area contributed by atoms with Crippen LogP contribution in [-0.4, -0.2) is 26.1 Å². The molecule has 2 rings (SSSR count). The highest BCUT2D eigenvalue weighted by molar-refractivity contribution is 5.62. The van der Waals surface area contributed by atoms with Crippen LogP contribution in [0.25, 0.3) is 0 Å². The lowest BCUT2D eigenvalue weighted by Gasteiger charge is -2.10. The number of azo groups is 1. The molecule has 0 bridgehead atoms. The molecule has 0 saturated carbocycles. The van der Waals surface area contributed by atoms with Crippen molar-refractivity contribution in [2.75, 3.05) is 26.5 Å². The maximum Gasteiger partial charge on any atom is 0.147 e. The monoisotopic (exact) mass is 338 g/mol. The van der Waals surface area contributed by atoms with Crippen LogP contribution in [0.1, 0.15) is 0 Å². The normalized spacial score (nSPS) is 11.0. The van der Waals surface area contributed by atoms with Gasteiger partial charge in [-0.25, -0.2) is 0 Å². The van der Waals surface area contributed by atoms with Gasteiger partial charge in [0.25, 0.3) is 0 Å². The van der Waals surface area contributed by atoms with E-state index >= 15 is 0 Å². The van der Waals surface area contributed by atoms with E-state index in [1.54, 1.807) is 7.11 Å². The molecular weight excluding hydrogens is 314 g/mol. The maximum atomic E-state index is 5.15. The highest BCUT2D eigenvalue weighted by Crippen LogP contribution is 2.22. The molecule has 0 aliphatic carbocycles. The minimum atomic E-state index is 0.568. The van der Waals surface area contributed by atoms with Gasteiger partial charge in [-0.3, -0.25) is 0 Å². The van der Waals surface area contributed by atoms with Gasteiger partial charge in [0.05, 0.1) is 26.0 Å². The van der Waals surface area contributed by atoms with E-state index in [1.807, 2.05) is 85.2 Å². The zero-order valence-corrected chi connectivity index (χ0v) is 14.8. The van der Waals surface area contributed by atoms with Crippen LogP contribution in [0.15, 0.2) is 83.6 Å². The van der Waals surface area contributed by atoms with E-state index in [0.717, 1.165) is 22.8 Å². The van der Waals surface area contributed by atoms with Crippen molar-refractivity contribution in [1.82, 2.24) is 4.90 Å². The number of anilines is 2. The molecule has 0 aromatic heterocycles. The number of rotatable bonds is 8. The lowest BCUT2D eigenvalue weighted by molar-refractivity contribution is -0.557. The molecule has 0 unspecified atom stereocenters. The van der Waals surface area contributed by atoms with Crippen molar-refractivity contribution >= 4 is 17.1 Å². The number of quaternary nitrogens is 1. The fourth-order valence-corrected chi connectivity index (χ4v) is 1.94. The Labute approximate surface area is 148 Å². The first-order chi connectivity index (χ1) is 12.1. The van der Waals surface area contributed by atoms with Gasteiger partial charge in [-0.1, -0.05) is 6.58 Å². The van der Waals surface area contributed by atoms with E-state index in [-0.39, 0.29) is 0 Å². The Bertz CT molecular complexity index is 735. The van der Waals surface area contributed by atoms with Crippen LogP contribution in [0.2, 0.25) is 0 Å². The first-order valence-corrected chi connectivity index (χ1v) is 7.93. The zero-order valence-electron chi connectivity index (χ0n) is 14.8. The fourth-order valence-electron chi connectivity index (χ4n) is 1.94. The number of nitrogens with zero attached hydrogens (tertiary/aromatic N) is 3. The van der Waals surface area contributed by atoms with Crippen LogP contribution in [-0.2, 0) is 0 Å². The third-order valence-corrected chi connectivity index (χ3v) is 3.44. The third-order valence-electron chi connectivity index (χ3n) is 3.44. The van der Waals surface area contributed by atoms with E-state index in [0.29, 0.717) is 5.82 Å². The minimum absolute atomic E-state index is 0.568. The van der Waals surface area contributed by atoms with Crippen molar-refractivity contribution in [1.29, 1.82) is 0 Å². The second-order valence-corrected chi connectivity index (χ2v) is 5.30. The van der Waals surface area contributed by atoms with Crippen LogP contribution in [0.4, 0.5) is 17.1 Å². The molecule has 130 valence electrons. The smallest absolute Gasteiger partial charge is 0.147 e. The summed E-state index contributed by atoms with van der Waals surface area (Å²) in [6, 6.07) is 15.5. The topological polar surface area (TPSA) is 65.8 Å². The van der Waals surface area contributed by atoms with Crippen molar-refractivity contribution in [3.8, 4) is 5.75 Å². The first kappa shape index (κ1) is 18.2. The molecule has 0 fully saturated rings. The maximum absolute atomic E-state index is 5.15. The highest BCUT2D eigenvalue weighted by atomic mass is 16.5. The number of hydrogen-bond acceptors (Lipinski definition) is 5. The first-order valence-electron chi connectivity index (χ1n) is 7.93. The molecule has 2 aromatic rings. The van der Waals surface area contributed by atoms with Gasteiger partial charge in [0.15, 0.2) is 0 Å². The second kappa shape index (κ2) is 9.24. The Hall–Kier alpha value is -3.12. The van der Waals surface area contributed by atoms with Gasteiger partial charge in [-0.05, 0) is 48.5 Å². The zero-order chi connectivity index (χ0) is 18.1. The van der Waals surface area contributed by atoms with Crippen molar-refractivity contribution < 1.29 is 10.1 Å². The van der Waals surface area contributed by atoms with Gasteiger partial charge in [-0.2, -0.15) is 0 Å². The molecule has 0 atom stereocenters. The SMILES string of the molecule is C=C(N=Nc1ccc(Nc2ccc(OC)cc2)cc1)N(C)C=C[NH2+]C. The molecule has 2 aromatic carbocycles. The Morgan fingerprint density at radius 2 is 1.72 bits per heavy atom. The predicted octanol–water partition coefficient (Wildman–Crippen LogP) is 3.59. The number of ether oxygens (including phenoxy) is 1. The lowest BCUT2D eigenvalue weighted by Crippen LogP contribution is -2.72. The molecule has 3 N–H and O–H groups in total. The van der Waals surface area contributed by atoms with E-state index in [9.17, 15) is 0 Å². The molecule has 0 spiro atoms. The molecule has 6 nitrogen and oxygen atoms in total. The van der Waals surface area contributed by atoms with Gasteiger partial charge < -0.3 is 20.3 Å². The van der Waals surface area contributed by atoms with Crippen LogP contribution >= 0.6 is 0 Å². The number of hydrogen-bond donors (Lipinski definition) is 2. The minimum Gasteiger partial charge on any atom is -0.497 e. The highest BCUT2D eigenvalue weighted by Gasteiger charge is 1.98. The van der Waals surface area contributed by atoms with Crippen molar-refractivity contribution in [2.24, 2.45) is 10.2 Å². The summed E-state index contributed by atoms with van der Waals surface area (Å²) in [4.78, 5) is 1.81. The van der Waals surface area contributed by atoms with Gasteiger partial charge in [-0.15, -0.1) is 10.2 Å². The van der Waals surface area contributed by atoms with Gasteiger partial charge in [0.2, 0.25) is 0 Å². The van der Waals surface area contributed by atoms with Crippen molar-refractivity contribution in [3.05, 3.63) is 73.3 Å². The molecule has 0 heterocycles. The molecule has 25 heavy (non-hydrogen) atoms. The second-order valence-electron chi connectivity index (χ2n) is 5.30. The van der Waals surface area contributed by atoms with Crippen molar-refractivity contribution in [3.63, 3.8) is 0 Å². The lowest BCUT2D eigenvalue weighted by atomic mass is 10.2. The Balaban J connectivity index is 1.95. The molecular formula is C19H24N5O+. The summed E-state index contributed by atoms with van der Waals surface area (Å²) in [6.07, 6.45) is 3.80. The molecule has 0 aliphatic rings. The summed E-state index contributed by atoms with van der Waals surface area (Å²) in [5.74, 6) is 1.40. The molecule has 0 amide bonds. The molecule has 0 aliphatic heterocycles. The van der Waals surface area contributed by atoms with Crippen LogP contribution in [0.3, 0.4) is 0 Å². The number of benzene rings is 2. The number of methoxy groups -OCH3 is 1. The largest absolute Gasteiger partial charge is 0.497 e. The standard InChI is InChI=1S/C19H23N5O/c1-15(24(3)14-13-20-2)22-23-18-7-5-16(6-8-18)21-17-9-11-19(25-4)12-10-17/h5-14,20-21H,1H2,2-4H3/p+1. The summed E-state index contributed by atoms with van der Waals surface area (Å²) in [7, 11) is 5.49. The molecule has 0 radical (unpaired) electrons. The third kappa shape index (κ3) is 5.78.